The van der Waals surface area contributed by atoms with Crippen LogP contribution in [0.15, 0.2) is 35.3 Å². The van der Waals surface area contributed by atoms with Crippen LogP contribution in [0.2, 0.25) is 0 Å². The molecule has 0 unspecified atom stereocenters. The highest BCUT2D eigenvalue weighted by atomic mass is 14.9. The highest BCUT2D eigenvalue weighted by molar-refractivity contribution is 5.87. The number of hydrogen-bond acceptors (Lipinski definition) is 1. The first kappa shape index (κ1) is 13.7. The van der Waals surface area contributed by atoms with Crippen molar-refractivity contribution >= 4 is 11.5 Å². The molecule has 1 rings (SSSR count). The summed E-state index contributed by atoms with van der Waals surface area (Å²) in [5.41, 5.74) is 6.69. The molecular weight excluding hydrogens is 184 g/mol. The van der Waals surface area contributed by atoms with E-state index in [4.69, 9.17) is 5.73 Å². The standard InChI is InChI=1S/C11H16N2.C2H6/c1-11(2,3)10(12)13-9-7-5-4-6-8-9;1-2/h4-8H,1-3H3,(H2,12,13);1-2H3. The summed E-state index contributed by atoms with van der Waals surface area (Å²) in [5, 5.41) is 0. The smallest absolute Gasteiger partial charge is 0.105 e. The SMILES string of the molecule is CC.CC(C)(C)C(N)=Nc1ccccc1. The molecule has 0 aliphatic carbocycles. The van der Waals surface area contributed by atoms with Crippen LogP contribution < -0.4 is 5.73 Å². The van der Waals surface area contributed by atoms with Gasteiger partial charge in [0.05, 0.1) is 5.69 Å². The Morgan fingerprint density at radius 1 is 1.07 bits per heavy atom. The maximum absolute atomic E-state index is 5.83. The largest absolute Gasteiger partial charge is 0.387 e. The zero-order chi connectivity index (χ0) is 11.9. The lowest BCUT2D eigenvalue weighted by Gasteiger charge is -2.17. The van der Waals surface area contributed by atoms with Gasteiger partial charge in [-0.3, -0.25) is 0 Å². The molecule has 0 bridgehead atoms. The van der Waals surface area contributed by atoms with Gasteiger partial charge in [0.2, 0.25) is 0 Å². The molecule has 15 heavy (non-hydrogen) atoms. The van der Waals surface area contributed by atoms with Crippen LogP contribution in [-0.4, -0.2) is 5.84 Å². The lowest BCUT2D eigenvalue weighted by Crippen LogP contribution is -2.28. The van der Waals surface area contributed by atoms with E-state index in [1.807, 2.05) is 44.2 Å². The van der Waals surface area contributed by atoms with Crippen molar-refractivity contribution in [2.45, 2.75) is 34.6 Å². The lowest BCUT2D eigenvalue weighted by atomic mass is 9.95. The number of amidine groups is 1. The van der Waals surface area contributed by atoms with Crippen molar-refractivity contribution in [2.75, 3.05) is 0 Å². The van der Waals surface area contributed by atoms with Crippen molar-refractivity contribution in [3.63, 3.8) is 0 Å². The van der Waals surface area contributed by atoms with E-state index < -0.39 is 0 Å². The van der Waals surface area contributed by atoms with E-state index in [0.717, 1.165) is 5.69 Å². The number of benzene rings is 1. The molecule has 0 amide bonds. The number of nitrogens with zero attached hydrogens (tertiary/aromatic N) is 1. The maximum Gasteiger partial charge on any atom is 0.105 e. The molecule has 0 aliphatic rings. The van der Waals surface area contributed by atoms with E-state index in [-0.39, 0.29) is 5.41 Å². The van der Waals surface area contributed by atoms with Crippen molar-refractivity contribution in [3.8, 4) is 0 Å². The summed E-state index contributed by atoms with van der Waals surface area (Å²) in [6.45, 7) is 10.2. The predicted octanol–water partition coefficient (Wildman–Crippen LogP) is 3.75. The minimum Gasteiger partial charge on any atom is -0.387 e. The molecule has 2 nitrogen and oxygen atoms in total. The van der Waals surface area contributed by atoms with E-state index in [9.17, 15) is 0 Å². The quantitative estimate of drug-likeness (QED) is 0.551. The van der Waals surface area contributed by atoms with Crippen molar-refractivity contribution in [2.24, 2.45) is 16.1 Å². The van der Waals surface area contributed by atoms with Crippen molar-refractivity contribution < 1.29 is 0 Å². The summed E-state index contributed by atoms with van der Waals surface area (Å²) < 4.78 is 0. The van der Waals surface area contributed by atoms with Crippen LogP contribution in [0, 0.1) is 5.41 Å². The minimum atomic E-state index is -0.0597. The van der Waals surface area contributed by atoms with Crippen LogP contribution in [-0.2, 0) is 0 Å². The summed E-state index contributed by atoms with van der Waals surface area (Å²) in [6.07, 6.45) is 0. The van der Waals surface area contributed by atoms with Gasteiger partial charge in [-0.1, -0.05) is 52.8 Å². The van der Waals surface area contributed by atoms with Gasteiger partial charge in [0.1, 0.15) is 5.84 Å². The normalized spacial score (nSPS) is 11.7. The zero-order valence-corrected chi connectivity index (χ0v) is 10.4. The monoisotopic (exact) mass is 206 g/mol. The molecule has 0 spiro atoms. The summed E-state index contributed by atoms with van der Waals surface area (Å²) in [4.78, 5) is 4.32. The van der Waals surface area contributed by atoms with Gasteiger partial charge in [-0.15, -0.1) is 0 Å². The fourth-order valence-corrected chi connectivity index (χ4v) is 0.809. The Bertz CT molecular complexity index is 294. The predicted molar refractivity (Wildman–Crippen MR) is 68.5 cm³/mol. The minimum absolute atomic E-state index is 0.0597. The lowest BCUT2D eigenvalue weighted by molar-refractivity contribution is 0.585. The van der Waals surface area contributed by atoms with Crippen molar-refractivity contribution in [3.05, 3.63) is 30.3 Å². The van der Waals surface area contributed by atoms with E-state index in [0.29, 0.717) is 5.84 Å². The number of nitrogens with two attached hydrogens (primary N) is 1. The summed E-state index contributed by atoms with van der Waals surface area (Å²) in [6, 6.07) is 9.76. The number of aliphatic imine (C=N–C) groups is 1. The Hall–Kier alpha value is -1.31. The Balaban J connectivity index is 0.000000921. The topological polar surface area (TPSA) is 38.4 Å². The fraction of sp³-hybridized carbons (Fsp3) is 0.462. The Morgan fingerprint density at radius 3 is 1.93 bits per heavy atom. The molecule has 0 saturated heterocycles. The summed E-state index contributed by atoms with van der Waals surface area (Å²) >= 11 is 0. The van der Waals surface area contributed by atoms with Gasteiger partial charge < -0.3 is 5.73 Å². The van der Waals surface area contributed by atoms with Crippen LogP contribution in [0.4, 0.5) is 5.69 Å². The van der Waals surface area contributed by atoms with Crippen LogP contribution in [0.25, 0.3) is 0 Å². The average Bonchev–Trinajstić information content (AvgIpc) is 2.21. The van der Waals surface area contributed by atoms with E-state index in [1.165, 1.54) is 0 Å². The highest BCUT2D eigenvalue weighted by Crippen LogP contribution is 2.17. The van der Waals surface area contributed by atoms with Gasteiger partial charge >= 0.3 is 0 Å². The highest BCUT2D eigenvalue weighted by Gasteiger charge is 2.14. The molecule has 2 N–H and O–H groups in total. The molecular formula is C13H22N2. The molecule has 0 aliphatic heterocycles. The third kappa shape index (κ3) is 5.21. The molecule has 0 aromatic heterocycles. The van der Waals surface area contributed by atoms with Crippen LogP contribution >= 0.6 is 0 Å². The Morgan fingerprint density at radius 2 is 1.53 bits per heavy atom. The number of hydrogen-bond donors (Lipinski definition) is 1. The molecule has 84 valence electrons. The van der Waals surface area contributed by atoms with Crippen molar-refractivity contribution in [1.29, 1.82) is 0 Å². The van der Waals surface area contributed by atoms with E-state index >= 15 is 0 Å². The van der Waals surface area contributed by atoms with Crippen LogP contribution in [0.1, 0.15) is 34.6 Å². The molecule has 0 atom stereocenters. The second kappa shape index (κ2) is 6.23. The molecule has 0 heterocycles. The Kier molecular flexibility index (Phi) is 5.68. The number of rotatable bonds is 1. The van der Waals surface area contributed by atoms with E-state index in [2.05, 4.69) is 25.8 Å². The second-order valence-corrected chi connectivity index (χ2v) is 4.08. The molecule has 0 fully saturated rings. The zero-order valence-electron chi connectivity index (χ0n) is 10.4. The second-order valence-electron chi connectivity index (χ2n) is 4.08. The Labute approximate surface area is 93.2 Å². The van der Waals surface area contributed by atoms with Gasteiger partial charge in [0, 0.05) is 5.41 Å². The third-order valence-electron chi connectivity index (χ3n) is 1.77. The first-order valence-electron chi connectivity index (χ1n) is 5.40. The summed E-state index contributed by atoms with van der Waals surface area (Å²) in [5.74, 6) is 0.665. The average molecular weight is 206 g/mol. The molecule has 0 saturated carbocycles. The van der Waals surface area contributed by atoms with Crippen molar-refractivity contribution in [1.82, 2.24) is 0 Å². The molecule has 0 radical (unpaired) electrons. The van der Waals surface area contributed by atoms with Gasteiger partial charge in [-0.25, -0.2) is 4.99 Å². The van der Waals surface area contributed by atoms with E-state index in [1.54, 1.807) is 0 Å². The maximum atomic E-state index is 5.83. The summed E-state index contributed by atoms with van der Waals surface area (Å²) in [7, 11) is 0. The molecule has 2 heteroatoms. The molecule has 1 aromatic rings. The van der Waals surface area contributed by atoms with Gasteiger partial charge in [0.15, 0.2) is 0 Å². The number of para-hydroxylation sites is 1. The van der Waals surface area contributed by atoms with Gasteiger partial charge in [-0.05, 0) is 12.1 Å². The van der Waals surface area contributed by atoms with Gasteiger partial charge in [0.25, 0.3) is 0 Å². The van der Waals surface area contributed by atoms with Gasteiger partial charge in [-0.2, -0.15) is 0 Å². The van der Waals surface area contributed by atoms with Crippen LogP contribution in [0.3, 0.4) is 0 Å². The van der Waals surface area contributed by atoms with Crippen LogP contribution in [0.5, 0.6) is 0 Å². The third-order valence-corrected chi connectivity index (χ3v) is 1.77. The first-order chi connectivity index (χ1) is 7.00. The molecule has 1 aromatic carbocycles. The fourth-order valence-electron chi connectivity index (χ4n) is 0.809. The first-order valence-corrected chi connectivity index (χ1v) is 5.40.